The monoisotopic (exact) mass is 409 g/mol. The van der Waals surface area contributed by atoms with Crippen molar-refractivity contribution >= 4 is 22.9 Å². The van der Waals surface area contributed by atoms with Gasteiger partial charge < -0.3 is 23.6 Å². The Morgan fingerprint density at radius 1 is 1.21 bits per heavy atom. The van der Waals surface area contributed by atoms with Crippen molar-refractivity contribution in [3.05, 3.63) is 47.8 Å². The van der Waals surface area contributed by atoms with Gasteiger partial charge in [-0.25, -0.2) is 4.39 Å². The molecular formula is C19H22FN2O5S-. The summed E-state index contributed by atoms with van der Waals surface area (Å²) >= 11 is -2.63. The number of benzene rings is 2. The number of aryl methyl sites for hydroxylation is 1. The molecule has 0 saturated heterocycles. The van der Waals surface area contributed by atoms with E-state index in [1.54, 1.807) is 6.07 Å². The predicted octanol–water partition coefficient (Wildman–Crippen LogP) is 2.93. The van der Waals surface area contributed by atoms with Gasteiger partial charge in [-0.05, 0) is 36.2 Å². The van der Waals surface area contributed by atoms with Crippen LogP contribution >= 0.6 is 0 Å². The number of anilines is 1. The highest BCUT2D eigenvalue weighted by atomic mass is 32.2. The molecule has 152 valence electrons. The van der Waals surface area contributed by atoms with Crippen LogP contribution in [0.1, 0.15) is 19.4 Å². The second-order valence-electron chi connectivity index (χ2n) is 5.86. The van der Waals surface area contributed by atoms with Gasteiger partial charge in [-0.2, -0.15) is 0 Å². The summed E-state index contributed by atoms with van der Waals surface area (Å²) < 4.78 is 49.3. The summed E-state index contributed by atoms with van der Waals surface area (Å²) in [5.74, 6) is -0.254. The van der Waals surface area contributed by atoms with Gasteiger partial charge in [-0.3, -0.25) is 9.00 Å². The lowest BCUT2D eigenvalue weighted by Crippen LogP contribution is -2.35. The third-order valence-electron chi connectivity index (χ3n) is 3.93. The summed E-state index contributed by atoms with van der Waals surface area (Å²) in [6, 6.07) is 9.19. The molecule has 2 aromatic rings. The first-order valence-electron chi connectivity index (χ1n) is 8.61. The Bertz CT molecular complexity index is 862. The lowest BCUT2D eigenvalue weighted by molar-refractivity contribution is -0.118. The molecule has 28 heavy (non-hydrogen) atoms. The fraction of sp³-hybridized carbons (Fsp3) is 0.316. The van der Waals surface area contributed by atoms with Gasteiger partial charge in [0.1, 0.15) is 0 Å². The molecule has 0 aliphatic carbocycles. The first-order chi connectivity index (χ1) is 13.3. The number of ether oxygens (including phenoxy) is 2. The number of carbonyl (C=O) groups is 1. The largest absolute Gasteiger partial charge is 0.755 e. The number of halogens is 1. The van der Waals surface area contributed by atoms with Crippen LogP contribution in [0.2, 0.25) is 0 Å². The van der Waals surface area contributed by atoms with E-state index in [1.165, 1.54) is 26.2 Å². The number of rotatable bonds is 9. The van der Waals surface area contributed by atoms with Crippen molar-refractivity contribution in [3.63, 3.8) is 0 Å². The van der Waals surface area contributed by atoms with Crippen LogP contribution < -0.4 is 19.1 Å². The van der Waals surface area contributed by atoms with Crippen LogP contribution in [0.5, 0.6) is 17.2 Å². The SMILES string of the molecule is CCc1ccc(Oc2ccc(N(CCNC(C)=O)S(=O)[O-])cc2F)c(OC)c1. The molecule has 0 saturated carbocycles. The quantitative estimate of drug-likeness (QED) is 0.643. The van der Waals surface area contributed by atoms with Crippen molar-refractivity contribution < 1.29 is 27.4 Å². The van der Waals surface area contributed by atoms with Gasteiger partial charge >= 0.3 is 0 Å². The van der Waals surface area contributed by atoms with Gasteiger partial charge in [0.25, 0.3) is 0 Å². The number of hydrogen-bond donors (Lipinski definition) is 1. The van der Waals surface area contributed by atoms with Crippen molar-refractivity contribution in [2.75, 3.05) is 24.5 Å². The van der Waals surface area contributed by atoms with E-state index in [9.17, 15) is 17.9 Å². The van der Waals surface area contributed by atoms with E-state index in [0.29, 0.717) is 11.5 Å². The van der Waals surface area contributed by atoms with E-state index >= 15 is 0 Å². The highest BCUT2D eigenvalue weighted by Crippen LogP contribution is 2.34. The van der Waals surface area contributed by atoms with Crippen LogP contribution in [0.3, 0.4) is 0 Å². The maximum atomic E-state index is 14.5. The smallest absolute Gasteiger partial charge is 0.216 e. The van der Waals surface area contributed by atoms with Crippen LogP contribution in [-0.4, -0.2) is 34.9 Å². The predicted molar refractivity (Wildman–Crippen MR) is 104 cm³/mol. The van der Waals surface area contributed by atoms with Gasteiger partial charge in [0.2, 0.25) is 5.91 Å². The van der Waals surface area contributed by atoms with Crippen molar-refractivity contribution in [2.24, 2.45) is 0 Å². The third kappa shape index (κ3) is 5.67. The Kier molecular flexibility index (Phi) is 7.77. The molecule has 7 nitrogen and oxygen atoms in total. The van der Waals surface area contributed by atoms with Crippen LogP contribution in [0.15, 0.2) is 36.4 Å². The van der Waals surface area contributed by atoms with Crippen LogP contribution in [0, 0.1) is 5.82 Å². The van der Waals surface area contributed by atoms with E-state index < -0.39 is 17.1 Å². The molecule has 1 N–H and O–H groups in total. The average molecular weight is 409 g/mol. The fourth-order valence-electron chi connectivity index (χ4n) is 2.49. The molecule has 0 bridgehead atoms. The van der Waals surface area contributed by atoms with Gasteiger partial charge in [0.05, 0.1) is 12.8 Å². The molecule has 1 atom stereocenters. The Balaban J connectivity index is 2.21. The minimum atomic E-state index is -2.63. The first-order valence-corrected chi connectivity index (χ1v) is 9.64. The van der Waals surface area contributed by atoms with Crippen LogP contribution in [0.4, 0.5) is 10.1 Å². The summed E-state index contributed by atoms with van der Waals surface area (Å²) in [7, 11) is 1.50. The minimum absolute atomic E-state index is 0.0262. The summed E-state index contributed by atoms with van der Waals surface area (Å²) in [6.07, 6.45) is 0.820. The van der Waals surface area contributed by atoms with Crippen molar-refractivity contribution in [2.45, 2.75) is 20.3 Å². The molecular weight excluding hydrogens is 387 g/mol. The number of nitrogens with one attached hydrogen (secondary N) is 1. The molecule has 0 aliphatic heterocycles. The van der Waals surface area contributed by atoms with Crippen LogP contribution in [-0.2, 0) is 22.5 Å². The normalized spacial score (nSPS) is 11.6. The number of carbonyl (C=O) groups excluding carboxylic acids is 1. The highest BCUT2D eigenvalue weighted by Gasteiger charge is 2.14. The molecule has 0 fully saturated rings. The highest BCUT2D eigenvalue weighted by molar-refractivity contribution is 7.80. The Morgan fingerprint density at radius 3 is 2.50 bits per heavy atom. The molecule has 0 aromatic heterocycles. The number of hydrogen-bond acceptors (Lipinski definition) is 5. The second kappa shape index (κ2) is 10.0. The summed E-state index contributed by atoms with van der Waals surface area (Å²) in [4.78, 5) is 10.9. The molecule has 1 unspecified atom stereocenters. The van der Waals surface area contributed by atoms with E-state index in [1.807, 2.05) is 19.1 Å². The molecule has 2 rings (SSSR count). The lowest BCUT2D eigenvalue weighted by atomic mass is 10.1. The minimum Gasteiger partial charge on any atom is -0.755 e. The van der Waals surface area contributed by atoms with E-state index in [2.05, 4.69) is 5.32 Å². The molecule has 1 amide bonds. The topological polar surface area (TPSA) is 90.9 Å². The van der Waals surface area contributed by atoms with Gasteiger partial charge in [0.15, 0.2) is 23.1 Å². The maximum Gasteiger partial charge on any atom is 0.216 e. The van der Waals surface area contributed by atoms with Crippen molar-refractivity contribution in [1.82, 2.24) is 5.32 Å². The Hall–Kier alpha value is -2.65. The Labute approximate surface area is 165 Å². The molecule has 0 aliphatic rings. The maximum absolute atomic E-state index is 14.5. The lowest BCUT2D eigenvalue weighted by Gasteiger charge is -2.26. The van der Waals surface area contributed by atoms with Gasteiger partial charge in [-0.15, -0.1) is 0 Å². The van der Waals surface area contributed by atoms with Crippen molar-refractivity contribution in [1.29, 1.82) is 0 Å². The molecule has 0 radical (unpaired) electrons. The molecule has 9 heteroatoms. The van der Waals surface area contributed by atoms with Gasteiger partial charge in [-0.1, -0.05) is 13.0 Å². The second-order valence-corrected chi connectivity index (χ2v) is 6.73. The fourth-order valence-corrected chi connectivity index (χ4v) is 3.01. The zero-order chi connectivity index (χ0) is 20.7. The van der Waals surface area contributed by atoms with Crippen LogP contribution in [0.25, 0.3) is 0 Å². The van der Waals surface area contributed by atoms with Crippen molar-refractivity contribution in [3.8, 4) is 17.2 Å². The Morgan fingerprint density at radius 2 is 1.93 bits per heavy atom. The standard InChI is InChI=1S/C19H23FN2O5S/c1-4-14-5-7-18(19(11-14)26-3)27-17-8-6-15(12-16(17)20)22(28(24)25)10-9-21-13(2)23/h5-8,11-12H,4,9-10H2,1-3H3,(H,21,23)(H,24,25)/p-1. The molecule has 2 aromatic carbocycles. The zero-order valence-corrected chi connectivity index (χ0v) is 16.7. The summed E-state index contributed by atoms with van der Waals surface area (Å²) in [6.45, 7) is 3.41. The third-order valence-corrected chi connectivity index (χ3v) is 4.68. The van der Waals surface area contributed by atoms with E-state index in [-0.39, 0.29) is 30.4 Å². The summed E-state index contributed by atoms with van der Waals surface area (Å²) in [5, 5.41) is 2.49. The average Bonchev–Trinajstić information content (AvgIpc) is 2.66. The number of amides is 1. The number of nitrogens with zero attached hydrogens (tertiary/aromatic N) is 1. The van der Waals surface area contributed by atoms with E-state index in [4.69, 9.17) is 9.47 Å². The van der Waals surface area contributed by atoms with Gasteiger partial charge in [0, 0.05) is 37.3 Å². The molecule has 0 heterocycles. The zero-order valence-electron chi connectivity index (χ0n) is 15.9. The summed E-state index contributed by atoms with van der Waals surface area (Å²) in [5.41, 5.74) is 1.17. The molecule has 0 spiro atoms. The number of methoxy groups -OCH3 is 1. The first kappa shape index (κ1) is 21.6. The van der Waals surface area contributed by atoms with E-state index in [0.717, 1.165) is 22.4 Å².